The Labute approximate surface area is 454 Å². The van der Waals surface area contributed by atoms with Crippen molar-refractivity contribution in [3.63, 3.8) is 0 Å². The second kappa shape index (κ2) is 29.4. The molecule has 81 heavy (non-hydrogen) atoms. The highest BCUT2D eigenvalue weighted by Crippen LogP contribution is 2.35. The average molecular weight is 1180 g/mol. The van der Waals surface area contributed by atoms with Crippen LogP contribution in [0.1, 0.15) is 79.7 Å². The van der Waals surface area contributed by atoms with Crippen LogP contribution in [0.25, 0.3) is 0 Å². The van der Waals surface area contributed by atoms with Crippen molar-refractivity contribution < 1.29 is 135 Å². The van der Waals surface area contributed by atoms with E-state index in [9.17, 15) is 87.5 Å². The molecule has 0 spiro atoms. The standard InChI is InChI=1S/C47H58F9N5O20/c1-22(62)73-20-29-35(77-24(3)64)37(79-26(5)66)33(60-43(72)47(54,55)56)39(81-29)75-21-30(67)61(44(6,7)40(69)57-17-13-9-12-16-31(68)74-19-27-14-10-8-11-15-27)38-32(59-42(71)46(51,52)53)36(78-25(4)65)34(76-23(2)63)28(80-38)18-58-41(70)45(48,49)50/h8,10-11,14-15,28-29,32-39H,9,12-13,16-21H2,1-7H3,(H,57,69)(H,58,70)(H,59,71)(H,60,72)/t28-,29-,32-,33-,34-,35-,36-,37-,38-,39-/m1/s1. The molecule has 2 saturated heterocycles. The van der Waals surface area contributed by atoms with Gasteiger partial charge >= 0.3 is 72.1 Å². The molecular formula is C47H58F9N5O20. The fourth-order valence-electron chi connectivity index (χ4n) is 7.99. The molecular weight excluding hydrogens is 1130 g/mol. The van der Waals surface area contributed by atoms with Gasteiger partial charge in [-0.15, -0.1) is 0 Å². The number of esters is 6. The Balaban J connectivity index is 2.25. The van der Waals surface area contributed by atoms with E-state index in [2.05, 4.69) is 5.32 Å². The van der Waals surface area contributed by atoms with Gasteiger partial charge in [-0.2, -0.15) is 39.5 Å². The van der Waals surface area contributed by atoms with Crippen molar-refractivity contribution in [3.05, 3.63) is 35.9 Å². The molecule has 2 heterocycles. The lowest BCUT2D eigenvalue weighted by atomic mass is 9.91. The molecule has 5 amide bonds. The van der Waals surface area contributed by atoms with Crippen LogP contribution >= 0.6 is 0 Å². The summed E-state index contributed by atoms with van der Waals surface area (Å²) in [6.07, 6.45) is -35.9. The minimum absolute atomic E-state index is 0.0314. The minimum Gasteiger partial charge on any atom is -0.463 e. The molecule has 4 N–H and O–H groups in total. The summed E-state index contributed by atoms with van der Waals surface area (Å²) in [6, 6.07) is 3.38. The summed E-state index contributed by atoms with van der Waals surface area (Å²) in [5, 5.41) is 6.60. The largest absolute Gasteiger partial charge is 0.471 e. The molecule has 0 aromatic heterocycles. The lowest BCUT2D eigenvalue weighted by Crippen LogP contribution is -2.75. The van der Waals surface area contributed by atoms with Gasteiger partial charge in [-0.25, -0.2) is 0 Å². The summed E-state index contributed by atoms with van der Waals surface area (Å²) < 4.78 is 173. The van der Waals surface area contributed by atoms with Crippen LogP contribution in [0.3, 0.4) is 0 Å². The summed E-state index contributed by atoms with van der Waals surface area (Å²) >= 11 is 0. The molecule has 25 nitrogen and oxygen atoms in total. The number of hydrogen-bond donors (Lipinski definition) is 4. The number of benzene rings is 1. The Kier molecular flexibility index (Phi) is 24.6. The topological polar surface area (TPSA) is 322 Å². The predicted molar refractivity (Wildman–Crippen MR) is 246 cm³/mol. The Bertz CT molecular complexity index is 2430. The van der Waals surface area contributed by atoms with E-state index in [0.717, 1.165) is 27.7 Å². The first-order chi connectivity index (χ1) is 37.4. The lowest BCUT2D eigenvalue weighted by molar-refractivity contribution is -0.280. The van der Waals surface area contributed by atoms with E-state index in [4.69, 9.17) is 42.6 Å². The van der Waals surface area contributed by atoms with E-state index < -0.39 is 170 Å². The van der Waals surface area contributed by atoms with Gasteiger partial charge in [0, 0.05) is 54.1 Å². The molecule has 0 bridgehead atoms. The van der Waals surface area contributed by atoms with Crippen LogP contribution in [0.15, 0.2) is 30.3 Å². The number of carbonyl (C=O) groups is 11. The number of rotatable bonds is 24. The fourth-order valence-corrected chi connectivity index (χ4v) is 7.99. The molecule has 0 radical (unpaired) electrons. The summed E-state index contributed by atoms with van der Waals surface area (Å²) in [5.41, 5.74) is -1.97. The van der Waals surface area contributed by atoms with Crippen LogP contribution in [0, 0.1) is 0 Å². The van der Waals surface area contributed by atoms with E-state index >= 15 is 4.79 Å². The van der Waals surface area contributed by atoms with E-state index in [-0.39, 0.29) is 43.7 Å². The molecule has 2 aliphatic heterocycles. The summed E-state index contributed by atoms with van der Waals surface area (Å²) in [6.45, 7) is 0.732. The lowest BCUT2D eigenvalue weighted by Gasteiger charge is -2.52. The monoisotopic (exact) mass is 1180 g/mol. The van der Waals surface area contributed by atoms with Crippen LogP contribution < -0.4 is 21.3 Å². The molecule has 34 heteroatoms. The van der Waals surface area contributed by atoms with Crippen LogP contribution in [-0.4, -0.2) is 182 Å². The van der Waals surface area contributed by atoms with Crippen LogP contribution in [-0.2, 0) is 102 Å². The van der Waals surface area contributed by atoms with Crippen molar-refractivity contribution in [1.29, 1.82) is 0 Å². The van der Waals surface area contributed by atoms with Gasteiger partial charge in [-0.05, 0) is 32.3 Å². The van der Waals surface area contributed by atoms with Crippen molar-refractivity contribution in [1.82, 2.24) is 26.2 Å². The zero-order valence-corrected chi connectivity index (χ0v) is 44.0. The normalized spacial score (nSPS) is 23.0. The van der Waals surface area contributed by atoms with E-state index in [0.29, 0.717) is 26.3 Å². The van der Waals surface area contributed by atoms with Crippen molar-refractivity contribution in [2.24, 2.45) is 0 Å². The van der Waals surface area contributed by atoms with Gasteiger partial charge in [0.1, 0.15) is 49.7 Å². The quantitative estimate of drug-likeness (QED) is 0.0494. The zero-order chi connectivity index (χ0) is 61.4. The molecule has 2 aliphatic rings. The first kappa shape index (κ1) is 67.9. The third-order valence-electron chi connectivity index (χ3n) is 11.4. The van der Waals surface area contributed by atoms with Gasteiger partial charge in [0.25, 0.3) is 5.91 Å². The SMILES string of the molecule is CC(=O)OC[C@H]1O[C@@H](OCC(=O)N([C@@H]2O[C@H](CNC(=O)C(F)(F)F)[C@@H](OC(C)=O)[C@H](OC(C)=O)[C@H]2NC(=O)C(F)(F)F)C(C)(C)C(=O)NCCCCCC(=O)OCc2ccccc2)[C@H](NC(=O)C(F)(F)F)[C@@H](OC(C)=O)[C@@H]1OC(C)=O. The third-order valence-corrected chi connectivity index (χ3v) is 11.4. The number of carbonyl (C=O) groups excluding carboxylic acids is 11. The molecule has 0 aliphatic carbocycles. The summed E-state index contributed by atoms with van der Waals surface area (Å²) in [4.78, 5) is 141. The molecule has 1 aromatic rings. The highest BCUT2D eigenvalue weighted by atomic mass is 19.4. The molecule has 2 fully saturated rings. The smallest absolute Gasteiger partial charge is 0.463 e. The van der Waals surface area contributed by atoms with Crippen LogP contribution in [0.5, 0.6) is 0 Å². The number of amides is 5. The van der Waals surface area contributed by atoms with E-state index in [1.165, 1.54) is 16.0 Å². The van der Waals surface area contributed by atoms with E-state index in [1.54, 1.807) is 30.3 Å². The molecule has 454 valence electrons. The second-order valence-corrected chi connectivity index (χ2v) is 18.3. The Morgan fingerprint density at radius 1 is 0.556 bits per heavy atom. The van der Waals surface area contributed by atoms with Crippen molar-refractivity contribution in [2.45, 2.75) is 166 Å². The fraction of sp³-hybridized carbons (Fsp3) is 0.638. The average Bonchev–Trinajstić information content (AvgIpc) is 3.39. The van der Waals surface area contributed by atoms with Crippen molar-refractivity contribution >= 4 is 65.4 Å². The van der Waals surface area contributed by atoms with Gasteiger partial charge in [-0.3, -0.25) is 57.6 Å². The van der Waals surface area contributed by atoms with Gasteiger partial charge in [0.15, 0.2) is 36.9 Å². The number of hydrogen-bond acceptors (Lipinski definition) is 20. The molecule has 0 unspecified atom stereocenters. The third kappa shape index (κ3) is 20.9. The number of nitrogens with zero attached hydrogens (tertiary/aromatic N) is 1. The maximum atomic E-state index is 15.0. The zero-order valence-electron chi connectivity index (χ0n) is 44.0. The maximum absolute atomic E-state index is 15.0. The number of nitrogens with one attached hydrogen (secondary N) is 4. The highest BCUT2D eigenvalue weighted by Gasteiger charge is 2.59. The Morgan fingerprint density at radius 2 is 1.05 bits per heavy atom. The second-order valence-electron chi connectivity index (χ2n) is 18.3. The molecule has 10 atom stereocenters. The maximum Gasteiger partial charge on any atom is 0.471 e. The van der Waals surface area contributed by atoms with Gasteiger partial charge < -0.3 is 63.9 Å². The van der Waals surface area contributed by atoms with Crippen molar-refractivity contribution in [2.75, 3.05) is 26.3 Å². The van der Waals surface area contributed by atoms with E-state index in [1.807, 2.05) is 0 Å². The summed E-state index contributed by atoms with van der Waals surface area (Å²) in [5.74, 6) is -18.6. The van der Waals surface area contributed by atoms with Crippen LogP contribution in [0.2, 0.25) is 0 Å². The number of alkyl halides is 9. The molecule has 3 rings (SSSR count). The predicted octanol–water partition coefficient (Wildman–Crippen LogP) is 1.54. The number of halogens is 9. The summed E-state index contributed by atoms with van der Waals surface area (Å²) in [7, 11) is 0. The number of ether oxygens (including phenoxy) is 9. The Hall–Kier alpha value is -7.36. The van der Waals surface area contributed by atoms with Gasteiger partial charge in [0.2, 0.25) is 5.91 Å². The Morgan fingerprint density at radius 3 is 1.56 bits per heavy atom. The van der Waals surface area contributed by atoms with Gasteiger partial charge in [-0.1, -0.05) is 36.8 Å². The molecule has 0 saturated carbocycles. The first-order valence-electron chi connectivity index (χ1n) is 24.1. The highest BCUT2D eigenvalue weighted by molar-refractivity contribution is 5.91. The van der Waals surface area contributed by atoms with Crippen molar-refractivity contribution in [3.8, 4) is 0 Å². The van der Waals surface area contributed by atoms with Gasteiger partial charge in [0.05, 0.1) is 0 Å². The first-order valence-corrected chi connectivity index (χ1v) is 24.1. The number of unbranched alkanes of at least 4 members (excludes halogenated alkanes) is 2. The molecule has 1 aromatic carbocycles. The minimum atomic E-state index is -5.89. The van der Waals surface area contributed by atoms with Crippen LogP contribution in [0.4, 0.5) is 39.5 Å².